The second-order valence-electron chi connectivity index (χ2n) is 3.12. The second-order valence-corrected chi connectivity index (χ2v) is 3.12. The first kappa shape index (κ1) is 7.74. The Kier molecular flexibility index (Phi) is 2.09. The summed E-state index contributed by atoms with van der Waals surface area (Å²) in [5.41, 5.74) is 2.01. The van der Waals surface area contributed by atoms with Crippen LogP contribution in [0.1, 0.15) is 17.3 Å². The van der Waals surface area contributed by atoms with E-state index in [-0.39, 0.29) is 0 Å². The molecule has 0 fully saturated rings. The van der Waals surface area contributed by atoms with E-state index in [1.54, 1.807) is 0 Å². The maximum atomic E-state index is 13.4. The molecular formula is C10H12FN. The summed E-state index contributed by atoms with van der Waals surface area (Å²) in [4.78, 5) is 0. The molecule has 12 heavy (non-hydrogen) atoms. The van der Waals surface area contributed by atoms with E-state index in [4.69, 9.17) is 0 Å². The zero-order valence-corrected chi connectivity index (χ0v) is 6.89. The van der Waals surface area contributed by atoms with Crippen molar-refractivity contribution in [2.45, 2.75) is 12.6 Å². The van der Waals surface area contributed by atoms with E-state index >= 15 is 0 Å². The van der Waals surface area contributed by atoms with Crippen LogP contribution in [0.3, 0.4) is 0 Å². The number of hydrogen-bond donors (Lipinski definition) is 1. The Morgan fingerprint density at radius 2 is 2.17 bits per heavy atom. The van der Waals surface area contributed by atoms with E-state index in [2.05, 4.69) is 5.32 Å². The van der Waals surface area contributed by atoms with Crippen LogP contribution in [0.2, 0.25) is 0 Å². The molecule has 0 aliphatic carbocycles. The van der Waals surface area contributed by atoms with Gasteiger partial charge in [0.2, 0.25) is 0 Å². The van der Waals surface area contributed by atoms with Gasteiger partial charge in [-0.05, 0) is 24.1 Å². The predicted octanol–water partition coefficient (Wildman–Crippen LogP) is 1.84. The van der Waals surface area contributed by atoms with Crippen molar-refractivity contribution in [1.82, 2.24) is 5.32 Å². The standard InChI is InChI=1S/C10H12FN/c11-10-7-12-6-5-8-3-1-2-4-9(8)10/h1-4,10,12H,5-7H2. The van der Waals surface area contributed by atoms with Crippen molar-refractivity contribution in [2.24, 2.45) is 0 Å². The van der Waals surface area contributed by atoms with Crippen molar-refractivity contribution >= 4 is 0 Å². The summed E-state index contributed by atoms with van der Waals surface area (Å²) in [5, 5.41) is 3.07. The lowest BCUT2D eigenvalue weighted by Crippen LogP contribution is -2.18. The number of halogens is 1. The molecule has 0 radical (unpaired) electrons. The summed E-state index contributed by atoms with van der Waals surface area (Å²) >= 11 is 0. The fraction of sp³-hybridized carbons (Fsp3) is 0.400. The first-order valence-electron chi connectivity index (χ1n) is 4.30. The van der Waals surface area contributed by atoms with Gasteiger partial charge in [0.1, 0.15) is 6.17 Å². The molecule has 1 aromatic carbocycles. The summed E-state index contributed by atoms with van der Waals surface area (Å²) in [6.45, 7) is 1.34. The van der Waals surface area contributed by atoms with Gasteiger partial charge in [0.25, 0.3) is 0 Å². The van der Waals surface area contributed by atoms with Crippen LogP contribution in [0.4, 0.5) is 4.39 Å². The van der Waals surface area contributed by atoms with E-state index in [0.29, 0.717) is 6.54 Å². The summed E-state index contributed by atoms with van der Waals surface area (Å²) in [7, 11) is 0. The molecule has 0 saturated heterocycles. The van der Waals surface area contributed by atoms with E-state index in [1.807, 2.05) is 24.3 Å². The SMILES string of the molecule is FC1CNCCc2ccccc21. The molecule has 1 aliphatic rings. The van der Waals surface area contributed by atoms with Crippen LogP contribution in [0.5, 0.6) is 0 Å². The van der Waals surface area contributed by atoms with Crippen LogP contribution >= 0.6 is 0 Å². The average Bonchev–Trinajstić information content (AvgIpc) is 2.29. The van der Waals surface area contributed by atoms with Gasteiger partial charge < -0.3 is 5.32 Å². The van der Waals surface area contributed by atoms with Crippen molar-refractivity contribution in [2.75, 3.05) is 13.1 Å². The maximum absolute atomic E-state index is 13.4. The third-order valence-corrected chi connectivity index (χ3v) is 2.29. The number of benzene rings is 1. The molecule has 1 aliphatic heterocycles. The zero-order chi connectivity index (χ0) is 8.39. The fourth-order valence-corrected chi connectivity index (χ4v) is 1.63. The van der Waals surface area contributed by atoms with Gasteiger partial charge in [-0.1, -0.05) is 24.3 Å². The molecule has 1 heterocycles. The van der Waals surface area contributed by atoms with Crippen LogP contribution < -0.4 is 5.32 Å². The first-order chi connectivity index (χ1) is 5.88. The molecule has 2 heteroatoms. The summed E-state index contributed by atoms with van der Waals surface area (Å²) in [5.74, 6) is 0. The molecule has 0 amide bonds. The Morgan fingerprint density at radius 1 is 1.33 bits per heavy atom. The van der Waals surface area contributed by atoms with Crippen molar-refractivity contribution < 1.29 is 4.39 Å². The number of hydrogen-bond acceptors (Lipinski definition) is 1. The lowest BCUT2D eigenvalue weighted by Gasteiger charge is -2.07. The minimum atomic E-state index is -0.830. The van der Waals surface area contributed by atoms with Crippen LogP contribution in [-0.4, -0.2) is 13.1 Å². The van der Waals surface area contributed by atoms with Crippen molar-refractivity contribution in [1.29, 1.82) is 0 Å². The summed E-state index contributed by atoms with van der Waals surface area (Å²) in [6, 6.07) is 7.76. The normalized spacial score (nSPS) is 22.9. The Morgan fingerprint density at radius 3 is 3.08 bits per heavy atom. The topological polar surface area (TPSA) is 12.0 Å². The Balaban J connectivity index is 2.39. The van der Waals surface area contributed by atoms with Gasteiger partial charge in [-0.25, -0.2) is 4.39 Å². The van der Waals surface area contributed by atoms with Gasteiger partial charge in [0, 0.05) is 6.54 Å². The van der Waals surface area contributed by atoms with Crippen LogP contribution in [-0.2, 0) is 6.42 Å². The molecule has 1 unspecified atom stereocenters. The first-order valence-corrected chi connectivity index (χ1v) is 4.30. The summed E-state index contributed by atoms with van der Waals surface area (Å²) in [6.07, 6.45) is 0.111. The van der Waals surface area contributed by atoms with Crippen LogP contribution in [0.25, 0.3) is 0 Å². The lowest BCUT2D eigenvalue weighted by atomic mass is 10.0. The molecule has 0 aromatic heterocycles. The van der Waals surface area contributed by atoms with Crippen molar-refractivity contribution in [3.05, 3.63) is 35.4 Å². The number of rotatable bonds is 0. The molecular weight excluding hydrogens is 153 g/mol. The highest BCUT2D eigenvalue weighted by atomic mass is 19.1. The molecule has 0 bridgehead atoms. The largest absolute Gasteiger partial charge is 0.313 e. The highest BCUT2D eigenvalue weighted by Crippen LogP contribution is 2.22. The molecule has 0 spiro atoms. The molecule has 2 rings (SSSR count). The average molecular weight is 165 g/mol. The van der Waals surface area contributed by atoms with Gasteiger partial charge >= 0.3 is 0 Å². The smallest absolute Gasteiger partial charge is 0.138 e. The minimum Gasteiger partial charge on any atom is -0.313 e. The van der Waals surface area contributed by atoms with E-state index in [9.17, 15) is 4.39 Å². The van der Waals surface area contributed by atoms with E-state index in [1.165, 1.54) is 0 Å². The Labute approximate surface area is 71.6 Å². The highest BCUT2D eigenvalue weighted by Gasteiger charge is 2.15. The van der Waals surface area contributed by atoms with Gasteiger partial charge in [-0.2, -0.15) is 0 Å². The lowest BCUT2D eigenvalue weighted by molar-refractivity contribution is 0.335. The third kappa shape index (κ3) is 1.34. The molecule has 1 nitrogen and oxygen atoms in total. The molecule has 1 atom stereocenters. The van der Waals surface area contributed by atoms with Gasteiger partial charge in [0.05, 0.1) is 0 Å². The molecule has 1 aromatic rings. The Hall–Kier alpha value is -0.890. The number of alkyl halides is 1. The number of nitrogens with one attached hydrogen (secondary N) is 1. The van der Waals surface area contributed by atoms with Gasteiger partial charge in [-0.15, -0.1) is 0 Å². The van der Waals surface area contributed by atoms with Gasteiger partial charge in [-0.3, -0.25) is 0 Å². The quantitative estimate of drug-likeness (QED) is 0.618. The van der Waals surface area contributed by atoms with Crippen molar-refractivity contribution in [3.8, 4) is 0 Å². The minimum absolute atomic E-state index is 0.455. The number of fused-ring (bicyclic) bond motifs is 1. The molecule has 64 valence electrons. The second kappa shape index (κ2) is 3.23. The zero-order valence-electron chi connectivity index (χ0n) is 6.89. The Bertz CT molecular complexity index is 272. The molecule has 0 saturated carbocycles. The highest BCUT2D eigenvalue weighted by molar-refractivity contribution is 5.30. The maximum Gasteiger partial charge on any atom is 0.138 e. The monoisotopic (exact) mass is 165 g/mol. The molecule has 1 N–H and O–H groups in total. The third-order valence-electron chi connectivity index (χ3n) is 2.29. The summed E-state index contributed by atoms with van der Waals surface area (Å²) < 4.78 is 13.4. The van der Waals surface area contributed by atoms with E-state index < -0.39 is 6.17 Å². The van der Waals surface area contributed by atoms with Crippen molar-refractivity contribution in [3.63, 3.8) is 0 Å². The fourth-order valence-electron chi connectivity index (χ4n) is 1.63. The van der Waals surface area contributed by atoms with Crippen LogP contribution in [0.15, 0.2) is 24.3 Å². The van der Waals surface area contributed by atoms with Crippen LogP contribution in [0, 0.1) is 0 Å². The van der Waals surface area contributed by atoms with Gasteiger partial charge in [0.15, 0.2) is 0 Å². The predicted molar refractivity (Wildman–Crippen MR) is 46.9 cm³/mol. The van der Waals surface area contributed by atoms with E-state index in [0.717, 1.165) is 24.1 Å².